The molecule has 0 amide bonds. The third-order valence-electron chi connectivity index (χ3n) is 2.53. The van der Waals surface area contributed by atoms with Crippen molar-refractivity contribution in [1.82, 2.24) is 15.0 Å². The number of anilines is 1. The molecular formula is C12H16N4OS. The number of nitrogens with zero attached hydrogens (tertiary/aromatic N) is 3. The smallest absolute Gasteiger partial charge is 0.180 e. The molecule has 0 saturated carbocycles. The van der Waals surface area contributed by atoms with Crippen molar-refractivity contribution in [3.05, 3.63) is 24.5 Å². The van der Waals surface area contributed by atoms with Gasteiger partial charge in [-0.05, 0) is 24.8 Å². The Kier molecular flexibility index (Phi) is 4.72. The fourth-order valence-corrected chi connectivity index (χ4v) is 2.35. The Bertz CT molecular complexity index is 502. The first kappa shape index (κ1) is 13.0. The highest BCUT2D eigenvalue weighted by Crippen LogP contribution is 2.13. The second-order valence-corrected chi connectivity index (χ2v) is 4.82. The predicted octanol–water partition coefficient (Wildman–Crippen LogP) is 1.55. The van der Waals surface area contributed by atoms with Crippen LogP contribution in [0.3, 0.4) is 0 Å². The molecule has 2 N–H and O–H groups in total. The van der Waals surface area contributed by atoms with Crippen LogP contribution in [0.1, 0.15) is 6.42 Å². The molecule has 0 bridgehead atoms. The molecule has 2 aromatic rings. The normalized spacial score (nSPS) is 12.6. The molecule has 2 heterocycles. The number of hydrogen-bond donors (Lipinski definition) is 2. The first-order chi connectivity index (χ1) is 8.83. The summed E-state index contributed by atoms with van der Waals surface area (Å²) in [6.45, 7) is 0.172. The van der Waals surface area contributed by atoms with E-state index in [1.807, 2.05) is 18.4 Å². The lowest BCUT2D eigenvalue weighted by Crippen LogP contribution is -2.24. The number of thioether (sulfide) groups is 1. The lowest BCUT2D eigenvalue weighted by Gasteiger charge is -2.17. The van der Waals surface area contributed by atoms with Crippen molar-refractivity contribution in [3.63, 3.8) is 0 Å². The van der Waals surface area contributed by atoms with Gasteiger partial charge in [-0.15, -0.1) is 0 Å². The van der Waals surface area contributed by atoms with Crippen molar-refractivity contribution in [3.8, 4) is 0 Å². The molecule has 0 aliphatic carbocycles. The Morgan fingerprint density at radius 1 is 1.33 bits per heavy atom. The number of aromatic nitrogens is 3. The fraction of sp³-hybridized carbons (Fsp3) is 0.417. The molecular weight excluding hydrogens is 248 g/mol. The third-order valence-corrected chi connectivity index (χ3v) is 3.26. The van der Waals surface area contributed by atoms with E-state index in [4.69, 9.17) is 5.11 Å². The number of hydrogen-bond acceptors (Lipinski definition) is 6. The van der Waals surface area contributed by atoms with Crippen LogP contribution >= 0.6 is 11.8 Å². The van der Waals surface area contributed by atoms with Gasteiger partial charge in [-0.3, -0.25) is 4.98 Å². The molecule has 0 fully saturated rings. The molecule has 6 heteroatoms. The molecule has 18 heavy (non-hydrogen) atoms. The van der Waals surface area contributed by atoms with Crippen LogP contribution in [0.15, 0.2) is 24.5 Å². The number of aliphatic hydroxyl groups excluding tert-OH is 1. The minimum absolute atomic E-state index is 0.172. The van der Waals surface area contributed by atoms with E-state index in [-0.39, 0.29) is 12.6 Å². The quantitative estimate of drug-likeness (QED) is 0.825. The van der Waals surface area contributed by atoms with Crippen LogP contribution in [0.5, 0.6) is 0 Å². The minimum Gasteiger partial charge on any atom is -0.396 e. The number of fused-ring (bicyclic) bond motifs is 1. The Labute approximate surface area is 110 Å². The maximum absolute atomic E-state index is 9.02. The monoisotopic (exact) mass is 264 g/mol. The van der Waals surface area contributed by atoms with Crippen molar-refractivity contribution in [1.29, 1.82) is 0 Å². The standard InChI is InChI=1S/C12H16N4OS/c1-18-8-9(4-7-17)15-11-3-2-10-12(16-11)14-6-5-13-10/h2-3,5-6,9,17H,4,7-8H2,1H3,(H,14,15,16). The van der Waals surface area contributed by atoms with Gasteiger partial charge in [0.2, 0.25) is 0 Å². The van der Waals surface area contributed by atoms with E-state index in [1.165, 1.54) is 0 Å². The van der Waals surface area contributed by atoms with Crippen LogP contribution in [0.4, 0.5) is 5.82 Å². The summed E-state index contributed by atoms with van der Waals surface area (Å²) in [5, 5.41) is 12.3. The average Bonchev–Trinajstić information content (AvgIpc) is 2.39. The number of pyridine rings is 1. The van der Waals surface area contributed by atoms with E-state index in [1.54, 1.807) is 24.2 Å². The van der Waals surface area contributed by atoms with E-state index in [2.05, 4.69) is 20.3 Å². The molecule has 0 aliphatic heterocycles. The van der Waals surface area contributed by atoms with Gasteiger partial charge in [0.1, 0.15) is 11.3 Å². The second-order valence-electron chi connectivity index (χ2n) is 3.90. The summed E-state index contributed by atoms with van der Waals surface area (Å²) >= 11 is 1.74. The molecule has 2 aromatic heterocycles. The van der Waals surface area contributed by atoms with Gasteiger partial charge in [0.25, 0.3) is 0 Å². The Morgan fingerprint density at radius 3 is 2.94 bits per heavy atom. The zero-order valence-electron chi connectivity index (χ0n) is 10.2. The summed E-state index contributed by atoms with van der Waals surface area (Å²) in [5.74, 6) is 1.70. The molecule has 96 valence electrons. The van der Waals surface area contributed by atoms with Crippen molar-refractivity contribution < 1.29 is 5.11 Å². The number of aliphatic hydroxyl groups is 1. The van der Waals surface area contributed by atoms with Gasteiger partial charge < -0.3 is 10.4 Å². The van der Waals surface area contributed by atoms with Crippen LogP contribution in [0.25, 0.3) is 11.2 Å². The van der Waals surface area contributed by atoms with Gasteiger partial charge in [-0.2, -0.15) is 11.8 Å². The summed E-state index contributed by atoms with van der Waals surface area (Å²) in [6, 6.07) is 4.00. The van der Waals surface area contributed by atoms with Gasteiger partial charge in [0, 0.05) is 30.8 Å². The van der Waals surface area contributed by atoms with Crippen LogP contribution in [-0.2, 0) is 0 Å². The maximum Gasteiger partial charge on any atom is 0.180 e. The molecule has 0 aliphatic rings. The number of nitrogens with one attached hydrogen (secondary N) is 1. The average molecular weight is 264 g/mol. The van der Waals surface area contributed by atoms with Crippen LogP contribution in [-0.4, -0.2) is 44.7 Å². The topological polar surface area (TPSA) is 70.9 Å². The van der Waals surface area contributed by atoms with Crippen LogP contribution in [0, 0.1) is 0 Å². The summed E-state index contributed by atoms with van der Waals surface area (Å²) < 4.78 is 0. The number of rotatable bonds is 6. The third kappa shape index (κ3) is 3.30. The molecule has 0 spiro atoms. The van der Waals surface area contributed by atoms with Gasteiger partial charge in [-0.25, -0.2) is 9.97 Å². The summed E-state index contributed by atoms with van der Waals surface area (Å²) in [4.78, 5) is 12.8. The van der Waals surface area contributed by atoms with E-state index in [0.29, 0.717) is 12.1 Å². The Hall–Kier alpha value is -1.40. The largest absolute Gasteiger partial charge is 0.396 e. The molecule has 1 unspecified atom stereocenters. The van der Waals surface area contributed by atoms with Gasteiger partial charge in [0.15, 0.2) is 5.65 Å². The van der Waals surface area contributed by atoms with E-state index in [0.717, 1.165) is 17.1 Å². The zero-order valence-corrected chi connectivity index (χ0v) is 11.0. The molecule has 5 nitrogen and oxygen atoms in total. The Balaban J connectivity index is 2.14. The summed E-state index contributed by atoms with van der Waals surface area (Å²) in [6.07, 6.45) is 6.04. The minimum atomic E-state index is 0.172. The first-order valence-corrected chi connectivity index (χ1v) is 7.17. The lowest BCUT2D eigenvalue weighted by molar-refractivity contribution is 0.282. The zero-order chi connectivity index (χ0) is 12.8. The fourth-order valence-electron chi connectivity index (χ4n) is 1.70. The lowest BCUT2D eigenvalue weighted by atomic mass is 10.2. The van der Waals surface area contributed by atoms with Crippen LogP contribution in [0.2, 0.25) is 0 Å². The van der Waals surface area contributed by atoms with Crippen molar-refractivity contribution >= 4 is 28.7 Å². The predicted molar refractivity (Wildman–Crippen MR) is 74.8 cm³/mol. The summed E-state index contributed by atoms with van der Waals surface area (Å²) in [5.41, 5.74) is 1.42. The molecule has 1 atom stereocenters. The molecule has 0 radical (unpaired) electrons. The second kappa shape index (κ2) is 6.51. The molecule has 0 aromatic carbocycles. The van der Waals surface area contributed by atoms with Gasteiger partial charge in [-0.1, -0.05) is 0 Å². The molecule has 2 rings (SSSR count). The SMILES string of the molecule is CSCC(CCO)Nc1ccc2nccnc2n1. The van der Waals surface area contributed by atoms with Crippen molar-refractivity contribution in [2.75, 3.05) is 23.9 Å². The Morgan fingerprint density at radius 2 is 2.17 bits per heavy atom. The van der Waals surface area contributed by atoms with Gasteiger partial charge >= 0.3 is 0 Å². The van der Waals surface area contributed by atoms with E-state index >= 15 is 0 Å². The first-order valence-electron chi connectivity index (χ1n) is 5.77. The van der Waals surface area contributed by atoms with Crippen molar-refractivity contribution in [2.24, 2.45) is 0 Å². The van der Waals surface area contributed by atoms with E-state index < -0.39 is 0 Å². The van der Waals surface area contributed by atoms with E-state index in [9.17, 15) is 0 Å². The summed E-state index contributed by atoms with van der Waals surface area (Å²) in [7, 11) is 0. The van der Waals surface area contributed by atoms with Crippen molar-refractivity contribution in [2.45, 2.75) is 12.5 Å². The highest BCUT2D eigenvalue weighted by molar-refractivity contribution is 7.98. The molecule has 0 saturated heterocycles. The highest BCUT2D eigenvalue weighted by Gasteiger charge is 2.08. The van der Waals surface area contributed by atoms with Crippen LogP contribution < -0.4 is 5.32 Å². The highest BCUT2D eigenvalue weighted by atomic mass is 32.2. The maximum atomic E-state index is 9.02. The van der Waals surface area contributed by atoms with Gasteiger partial charge in [0.05, 0.1) is 0 Å².